The molecule has 0 saturated heterocycles. The fourth-order valence-corrected chi connectivity index (χ4v) is 4.13. The van der Waals surface area contributed by atoms with Gasteiger partial charge in [0.05, 0.1) is 11.2 Å². The molecule has 4 heteroatoms. The lowest BCUT2D eigenvalue weighted by Gasteiger charge is -2.21. The van der Waals surface area contributed by atoms with E-state index in [0.717, 1.165) is 24.1 Å². The number of thiazole rings is 1. The van der Waals surface area contributed by atoms with Crippen molar-refractivity contribution >= 4 is 27.4 Å². The van der Waals surface area contributed by atoms with Crippen molar-refractivity contribution in [3.05, 3.63) is 39.9 Å². The molecule has 0 atom stereocenters. The van der Waals surface area contributed by atoms with Crippen LogP contribution in [0.25, 0.3) is 22.2 Å². The predicted molar refractivity (Wildman–Crippen MR) is 93.4 cm³/mol. The highest BCUT2D eigenvalue weighted by Gasteiger charge is 2.21. The molecule has 0 fully saturated rings. The molecule has 3 nitrogen and oxygen atoms in total. The summed E-state index contributed by atoms with van der Waals surface area (Å²) in [4.78, 5) is 9.56. The number of pyridine rings is 1. The standard InChI is InChI=1S/C18H19N3S/c1-10-7-11(2)17-13(8-10)16(15-9-22-18(19)21-15)12-5-3-4-6-14(12)20-17/h7-9H,3-6H2,1-2H3,(H2,19,21). The lowest BCUT2D eigenvalue weighted by atomic mass is 9.88. The highest BCUT2D eigenvalue weighted by atomic mass is 32.1. The van der Waals surface area contributed by atoms with Crippen LogP contribution in [0.3, 0.4) is 0 Å². The summed E-state index contributed by atoms with van der Waals surface area (Å²) in [6, 6.07) is 4.46. The van der Waals surface area contributed by atoms with E-state index in [2.05, 4.69) is 36.3 Å². The average molecular weight is 309 g/mol. The zero-order valence-corrected chi connectivity index (χ0v) is 13.8. The number of hydrogen-bond donors (Lipinski definition) is 1. The molecule has 1 aromatic carbocycles. The third kappa shape index (κ3) is 2.10. The van der Waals surface area contributed by atoms with Crippen LogP contribution in [0, 0.1) is 13.8 Å². The second-order valence-corrected chi connectivity index (χ2v) is 7.06. The quantitative estimate of drug-likeness (QED) is 0.723. The molecular weight excluding hydrogens is 290 g/mol. The van der Waals surface area contributed by atoms with Gasteiger partial charge in [0.2, 0.25) is 0 Å². The fourth-order valence-electron chi connectivity index (χ4n) is 3.57. The third-order valence-electron chi connectivity index (χ3n) is 4.48. The second-order valence-electron chi connectivity index (χ2n) is 6.17. The van der Waals surface area contributed by atoms with Gasteiger partial charge >= 0.3 is 0 Å². The Kier molecular flexibility index (Phi) is 3.15. The molecule has 3 aromatic rings. The van der Waals surface area contributed by atoms with E-state index < -0.39 is 0 Å². The van der Waals surface area contributed by atoms with Crippen molar-refractivity contribution in [2.75, 3.05) is 5.73 Å². The van der Waals surface area contributed by atoms with Crippen molar-refractivity contribution in [1.82, 2.24) is 9.97 Å². The number of anilines is 1. The Hall–Kier alpha value is -1.94. The Morgan fingerprint density at radius 3 is 2.68 bits per heavy atom. The van der Waals surface area contributed by atoms with Crippen LogP contribution in [-0.4, -0.2) is 9.97 Å². The average Bonchev–Trinajstić information content (AvgIpc) is 2.91. The molecule has 1 aliphatic carbocycles. The van der Waals surface area contributed by atoms with Crippen LogP contribution < -0.4 is 5.73 Å². The Morgan fingerprint density at radius 1 is 1.09 bits per heavy atom. The van der Waals surface area contributed by atoms with Crippen LogP contribution >= 0.6 is 11.3 Å². The summed E-state index contributed by atoms with van der Waals surface area (Å²) in [6.45, 7) is 4.29. The van der Waals surface area contributed by atoms with Crippen LogP contribution in [0.5, 0.6) is 0 Å². The summed E-state index contributed by atoms with van der Waals surface area (Å²) in [6.07, 6.45) is 4.63. The van der Waals surface area contributed by atoms with Crippen molar-refractivity contribution in [2.24, 2.45) is 0 Å². The van der Waals surface area contributed by atoms with Crippen LogP contribution in [0.1, 0.15) is 35.2 Å². The van der Waals surface area contributed by atoms with Crippen LogP contribution in [-0.2, 0) is 12.8 Å². The maximum Gasteiger partial charge on any atom is 0.180 e. The first-order chi connectivity index (χ1) is 10.6. The third-order valence-corrected chi connectivity index (χ3v) is 5.15. The molecule has 1 aliphatic rings. The number of fused-ring (bicyclic) bond motifs is 2. The van der Waals surface area contributed by atoms with Crippen LogP contribution in [0.4, 0.5) is 5.13 Å². The van der Waals surface area contributed by atoms with E-state index in [0.29, 0.717) is 5.13 Å². The maximum absolute atomic E-state index is 5.89. The highest BCUT2D eigenvalue weighted by Crippen LogP contribution is 2.38. The molecule has 4 rings (SSSR count). The molecule has 22 heavy (non-hydrogen) atoms. The summed E-state index contributed by atoms with van der Waals surface area (Å²) in [5.41, 5.74) is 14.4. The van der Waals surface area contributed by atoms with Gasteiger partial charge < -0.3 is 5.73 Å². The fraction of sp³-hybridized carbons (Fsp3) is 0.333. The van der Waals surface area contributed by atoms with Gasteiger partial charge in [-0.25, -0.2) is 4.98 Å². The maximum atomic E-state index is 5.89. The van der Waals surface area contributed by atoms with E-state index in [1.54, 1.807) is 0 Å². The molecule has 0 spiro atoms. The number of nitrogens with zero attached hydrogens (tertiary/aromatic N) is 2. The van der Waals surface area contributed by atoms with E-state index in [4.69, 9.17) is 10.7 Å². The van der Waals surface area contributed by atoms with Gasteiger partial charge in [0.1, 0.15) is 0 Å². The molecule has 0 saturated carbocycles. The van der Waals surface area contributed by atoms with Crippen molar-refractivity contribution in [1.29, 1.82) is 0 Å². The van der Waals surface area contributed by atoms with Gasteiger partial charge in [0, 0.05) is 22.0 Å². The SMILES string of the molecule is Cc1cc(C)c2nc3c(c(-c4csc(N)n4)c2c1)CCCC3. The minimum Gasteiger partial charge on any atom is -0.375 e. The minimum atomic E-state index is 0.633. The second kappa shape index (κ2) is 5.06. The first-order valence-corrected chi connectivity index (χ1v) is 8.65. The first-order valence-electron chi connectivity index (χ1n) is 7.77. The van der Waals surface area contributed by atoms with Crippen LogP contribution in [0.2, 0.25) is 0 Å². The summed E-state index contributed by atoms with van der Waals surface area (Å²) in [5, 5.41) is 3.94. The normalized spacial score (nSPS) is 14.3. The number of benzene rings is 1. The molecular formula is C18H19N3S. The zero-order chi connectivity index (χ0) is 15.3. The number of aromatic nitrogens is 2. The lowest BCUT2D eigenvalue weighted by Crippen LogP contribution is -2.09. The van der Waals surface area contributed by atoms with Gasteiger partial charge in [-0.05, 0) is 56.7 Å². The van der Waals surface area contributed by atoms with Gasteiger partial charge in [-0.3, -0.25) is 4.98 Å². The molecule has 0 unspecified atom stereocenters. The van der Waals surface area contributed by atoms with Gasteiger partial charge in [-0.1, -0.05) is 11.6 Å². The largest absolute Gasteiger partial charge is 0.375 e. The topological polar surface area (TPSA) is 51.8 Å². The van der Waals surface area contributed by atoms with E-state index in [-0.39, 0.29) is 0 Å². The number of nitrogens with two attached hydrogens (primary N) is 1. The molecule has 2 N–H and O–H groups in total. The van der Waals surface area contributed by atoms with Crippen molar-refractivity contribution in [3.8, 4) is 11.3 Å². The molecule has 2 heterocycles. The molecule has 0 bridgehead atoms. The number of aryl methyl sites for hydroxylation is 3. The van der Waals surface area contributed by atoms with E-state index >= 15 is 0 Å². The number of nitrogen functional groups attached to an aromatic ring is 1. The minimum absolute atomic E-state index is 0.633. The Balaban J connectivity index is 2.14. The van der Waals surface area contributed by atoms with E-state index in [1.807, 2.05) is 0 Å². The van der Waals surface area contributed by atoms with Crippen molar-refractivity contribution in [2.45, 2.75) is 39.5 Å². The lowest BCUT2D eigenvalue weighted by molar-refractivity contribution is 0.672. The molecule has 0 amide bonds. The predicted octanol–water partition coefficient (Wildman–Crippen LogP) is 4.44. The zero-order valence-electron chi connectivity index (χ0n) is 12.9. The number of hydrogen-bond acceptors (Lipinski definition) is 4. The molecule has 2 aromatic heterocycles. The Labute approximate surface area is 134 Å². The van der Waals surface area contributed by atoms with Crippen LogP contribution in [0.15, 0.2) is 17.5 Å². The smallest absolute Gasteiger partial charge is 0.180 e. The van der Waals surface area contributed by atoms with E-state index in [1.165, 1.54) is 57.5 Å². The van der Waals surface area contributed by atoms with Gasteiger partial charge in [-0.2, -0.15) is 0 Å². The molecule has 112 valence electrons. The Bertz CT molecular complexity index is 880. The van der Waals surface area contributed by atoms with Crippen molar-refractivity contribution < 1.29 is 0 Å². The van der Waals surface area contributed by atoms with Gasteiger partial charge in [-0.15, -0.1) is 11.3 Å². The van der Waals surface area contributed by atoms with Gasteiger partial charge in [0.25, 0.3) is 0 Å². The Morgan fingerprint density at radius 2 is 1.91 bits per heavy atom. The molecule has 0 radical (unpaired) electrons. The first kappa shape index (κ1) is 13.7. The molecule has 0 aliphatic heterocycles. The highest BCUT2D eigenvalue weighted by molar-refractivity contribution is 7.13. The summed E-state index contributed by atoms with van der Waals surface area (Å²) in [5.74, 6) is 0. The van der Waals surface area contributed by atoms with Gasteiger partial charge in [0.15, 0.2) is 5.13 Å². The van der Waals surface area contributed by atoms with E-state index in [9.17, 15) is 0 Å². The van der Waals surface area contributed by atoms with Crippen molar-refractivity contribution in [3.63, 3.8) is 0 Å². The summed E-state index contributed by atoms with van der Waals surface area (Å²) < 4.78 is 0. The monoisotopic (exact) mass is 309 g/mol. The number of rotatable bonds is 1. The summed E-state index contributed by atoms with van der Waals surface area (Å²) >= 11 is 1.51. The summed E-state index contributed by atoms with van der Waals surface area (Å²) in [7, 11) is 0.